The van der Waals surface area contributed by atoms with Gasteiger partial charge in [0.2, 0.25) is 0 Å². The third-order valence-electron chi connectivity index (χ3n) is 2.34. The highest BCUT2D eigenvalue weighted by Crippen LogP contribution is 2.16. The van der Waals surface area contributed by atoms with E-state index in [9.17, 15) is 4.79 Å². The van der Waals surface area contributed by atoms with Gasteiger partial charge in [0.25, 0.3) is 0 Å². The quantitative estimate of drug-likeness (QED) is 0.676. The average molecular weight is 195 g/mol. The maximum atomic E-state index is 11.4. The van der Waals surface area contributed by atoms with Gasteiger partial charge in [0.1, 0.15) is 5.84 Å². The highest BCUT2D eigenvalue weighted by atomic mass is 16.2. The summed E-state index contributed by atoms with van der Waals surface area (Å²) in [5.74, 6) is 0.449. The molecule has 1 atom stereocenters. The number of hydrogen-bond acceptors (Lipinski definition) is 2. The molecule has 1 aliphatic heterocycles. The molecule has 1 heterocycles. The van der Waals surface area contributed by atoms with Crippen LogP contribution in [0, 0.1) is 0 Å². The number of unbranched alkanes of at least 4 members (excludes halogenated alkanes) is 1. The zero-order valence-corrected chi connectivity index (χ0v) is 8.57. The summed E-state index contributed by atoms with van der Waals surface area (Å²) in [7, 11) is 0. The third-order valence-corrected chi connectivity index (χ3v) is 2.34. The molecule has 4 heteroatoms. The number of nitrogens with two attached hydrogens (primary N) is 1. The Morgan fingerprint density at radius 3 is 3.00 bits per heavy atom. The number of rotatable bonds is 5. The Bertz CT molecular complexity index is 260. The molecule has 0 aromatic rings. The second kappa shape index (κ2) is 4.79. The van der Waals surface area contributed by atoms with Gasteiger partial charge < -0.3 is 10.6 Å². The summed E-state index contributed by atoms with van der Waals surface area (Å²) in [5.41, 5.74) is 5.68. The smallest absolute Gasteiger partial charge is 0.346 e. The second-order valence-electron chi connectivity index (χ2n) is 3.42. The summed E-state index contributed by atoms with van der Waals surface area (Å²) >= 11 is 0. The first kappa shape index (κ1) is 10.8. The molecule has 0 fully saturated rings. The lowest BCUT2D eigenvalue weighted by Gasteiger charge is -2.22. The highest BCUT2D eigenvalue weighted by Gasteiger charge is 2.31. The van der Waals surface area contributed by atoms with Crippen LogP contribution in [0.5, 0.6) is 0 Å². The van der Waals surface area contributed by atoms with Crippen molar-refractivity contribution < 1.29 is 4.79 Å². The molecule has 14 heavy (non-hydrogen) atoms. The molecule has 0 saturated heterocycles. The number of nitrogens with zero attached hydrogens (tertiary/aromatic N) is 2. The van der Waals surface area contributed by atoms with Gasteiger partial charge in [-0.15, -0.1) is 6.58 Å². The second-order valence-corrected chi connectivity index (χ2v) is 3.42. The van der Waals surface area contributed by atoms with E-state index < -0.39 is 0 Å². The Morgan fingerprint density at radius 2 is 2.43 bits per heavy atom. The molecule has 2 amide bonds. The minimum atomic E-state index is -0.233. The van der Waals surface area contributed by atoms with E-state index in [0.717, 1.165) is 19.3 Å². The number of hydrogen-bond donors (Lipinski definition) is 1. The largest absolute Gasteiger partial charge is 0.385 e. The summed E-state index contributed by atoms with van der Waals surface area (Å²) in [5, 5.41) is 0. The monoisotopic (exact) mass is 195 g/mol. The topological polar surface area (TPSA) is 58.7 Å². The Morgan fingerprint density at radius 1 is 1.71 bits per heavy atom. The van der Waals surface area contributed by atoms with Crippen molar-refractivity contribution in [3.63, 3.8) is 0 Å². The third kappa shape index (κ3) is 2.13. The van der Waals surface area contributed by atoms with E-state index in [1.807, 2.05) is 0 Å². The Hall–Kier alpha value is -1.32. The van der Waals surface area contributed by atoms with Gasteiger partial charge in [0.05, 0.1) is 6.04 Å². The van der Waals surface area contributed by atoms with Gasteiger partial charge in [-0.25, -0.2) is 4.79 Å². The number of amidine groups is 1. The zero-order chi connectivity index (χ0) is 10.6. The lowest BCUT2D eigenvalue weighted by molar-refractivity contribution is 0.210. The van der Waals surface area contributed by atoms with Crippen LogP contribution in [0.15, 0.2) is 17.6 Å². The van der Waals surface area contributed by atoms with Crippen molar-refractivity contribution in [1.82, 2.24) is 4.90 Å². The van der Waals surface area contributed by atoms with Crippen LogP contribution in [0.4, 0.5) is 4.79 Å². The van der Waals surface area contributed by atoms with Gasteiger partial charge in [0, 0.05) is 6.54 Å². The summed E-state index contributed by atoms with van der Waals surface area (Å²) in [4.78, 5) is 16.8. The van der Waals surface area contributed by atoms with Crippen molar-refractivity contribution in [2.24, 2.45) is 10.7 Å². The first-order valence-electron chi connectivity index (χ1n) is 4.96. The summed E-state index contributed by atoms with van der Waals surface area (Å²) in [6.07, 6.45) is 4.75. The molecule has 0 aromatic heterocycles. The lowest BCUT2D eigenvalue weighted by Crippen LogP contribution is -2.40. The maximum Gasteiger partial charge on any atom is 0.346 e. The minimum Gasteiger partial charge on any atom is -0.385 e. The van der Waals surface area contributed by atoms with Crippen molar-refractivity contribution in [3.05, 3.63) is 12.7 Å². The molecule has 1 aliphatic rings. The van der Waals surface area contributed by atoms with E-state index in [4.69, 9.17) is 5.73 Å². The molecular weight excluding hydrogens is 178 g/mol. The molecule has 1 unspecified atom stereocenters. The van der Waals surface area contributed by atoms with E-state index in [0.29, 0.717) is 12.4 Å². The average Bonchev–Trinajstić information content (AvgIpc) is 2.40. The molecule has 0 spiro atoms. The number of amides is 2. The SMILES string of the molecule is C=CCN1C(=O)N=C(N)C1CCCC. The molecule has 2 N–H and O–H groups in total. The van der Waals surface area contributed by atoms with Crippen molar-refractivity contribution in [3.8, 4) is 0 Å². The summed E-state index contributed by atoms with van der Waals surface area (Å²) < 4.78 is 0. The van der Waals surface area contributed by atoms with E-state index in [1.54, 1.807) is 11.0 Å². The number of urea groups is 1. The standard InChI is InChI=1S/C10H17N3O/c1-3-5-6-8-9(11)12-10(14)13(8)7-4-2/h4,8H,2-3,5-7H2,1H3,(H2,11,12,14). The Kier molecular flexibility index (Phi) is 3.68. The van der Waals surface area contributed by atoms with Gasteiger partial charge in [-0.3, -0.25) is 0 Å². The number of carbonyl (C=O) groups excluding carboxylic acids is 1. The predicted molar refractivity (Wildman–Crippen MR) is 57.2 cm³/mol. The van der Waals surface area contributed by atoms with Crippen LogP contribution < -0.4 is 5.73 Å². The van der Waals surface area contributed by atoms with Gasteiger partial charge in [-0.05, 0) is 6.42 Å². The Balaban J connectivity index is 2.63. The van der Waals surface area contributed by atoms with Crippen molar-refractivity contribution >= 4 is 11.9 Å². The summed E-state index contributed by atoms with van der Waals surface area (Å²) in [6, 6.07) is -0.246. The predicted octanol–water partition coefficient (Wildman–Crippen LogP) is 1.52. The van der Waals surface area contributed by atoms with Gasteiger partial charge >= 0.3 is 6.03 Å². The molecule has 78 valence electrons. The van der Waals surface area contributed by atoms with Gasteiger partial charge in [0.15, 0.2) is 0 Å². The highest BCUT2D eigenvalue weighted by molar-refractivity contribution is 6.02. The van der Waals surface area contributed by atoms with E-state index in [1.165, 1.54) is 0 Å². The Labute approximate surface area is 84.5 Å². The van der Waals surface area contributed by atoms with Crippen LogP contribution in [-0.4, -0.2) is 29.4 Å². The first-order valence-corrected chi connectivity index (χ1v) is 4.96. The molecule has 0 bridgehead atoms. The molecular formula is C10H17N3O. The normalized spacial score (nSPS) is 21.2. The molecule has 4 nitrogen and oxygen atoms in total. The fraction of sp³-hybridized carbons (Fsp3) is 0.600. The van der Waals surface area contributed by atoms with Gasteiger partial charge in [-0.1, -0.05) is 25.8 Å². The fourth-order valence-electron chi connectivity index (χ4n) is 1.59. The van der Waals surface area contributed by atoms with Crippen LogP contribution in [0.2, 0.25) is 0 Å². The van der Waals surface area contributed by atoms with Crippen LogP contribution in [0.25, 0.3) is 0 Å². The minimum absolute atomic E-state index is 0.0135. The molecule has 1 rings (SSSR count). The van der Waals surface area contributed by atoms with Crippen LogP contribution in [-0.2, 0) is 0 Å². The van der Waals surface area contributed by atoms with Crippen molar-refractivity contribution in [2.45, 2.75) is 32.2 Å². The maximum absolute atomic E-state index is 11.4. The fourth-order valence-corrected chi connectivity index (χ4v) is 1.59. The lowest BCUT2D eigenvalue weighted by atomic mass is 10.1. The zero-order valence-electron chi connectivity index (χ0n) is 8.57. The van der Waals surface area contributed by atoms with Crippen LogP contribution in [0.1, 0.15) is 26.2 Å². The van der Waals surface area contributed by atoms with E-state index in [2.05, 4.69) is 18.5 Å². The van der Waals surface area contributed by atoms with Crippen LogP contribution >= 0.6 is 0 Å². The van der Waals surface area contributed by atoms with E-state index in [-0.39, 0.29) is 12.1 Å². The molecule has 0 radical (unpaired) electrons. The number of carbonyl (C=O) groups is 1. The molecule has 0 aromatic carbocycles. The summed E-state index contributed by atoms with van der Waals surface area (Å²) in [6.45, 7) is 6.25. The molecule has 0 aliphatic carbocycles. The number of aliphatic imine (C=N–C) groups is 1. The van der Waals surface area contributed by atoms with E-state index >= 15 is 0 Å². The molecule has 0 saturated carbocycles. The van der Waals surface area contributed by atoms with Crippen LogP contribution in [0.3, 0.4) is 0 Å². The van der Waals surface area contributed by atoms with Crippen molar-refractivity contribution in [1.29, 1.82) is 0 Å². The van der Waals surface area contributed by atoms with Crippen molar-refractivity contribution in [2.75, 3.05) is 6.54 Å². The van der Waals surface area contributed by atoms with Gasteiger partial charge in [-0.2, -0.15) is 4.99 Å². The first-order chi connectivity index (χ1) is 6.70.